The first kappa shape index (κ1) is 14.4. The molecule has 2 saturated carbocycles. The molecule has 18 heavy (non-hydrogen) atoms. The van der Waals surface area contributed by atoms with Gasteiger partial charge in [-0.1, -0.05) is 40.0 Å². The van der Waals surface area contributed by atoms with Gasteiger partial charge in [-0.3, -0.25) is 0 Å². The van der Waals surface area contributed by atoms with Gasteiger partial charge < -0.3 is 5.73 Å². The zero-order chi connectivity index (χ0) is 13.2. The topological polar surface area (TPSA) is 26.0 Å². The minimum absolute atomic E-state index is 0.499. The van der Waals surface area contributed by atoms with E-state index in [0.29, 0.717) is 11.5 Å². The molecule has 1 heteroatoms. The Labute approximate surface area is 114 Å². The summed E-state index contributed by atoms with van der Waals surface area (Å²) < 4.78 is 0. The van der Waals surface area contributed by atoms with Crippen LogP contribution in [0.4, 0.5) is 0 Å². The van der Waals surface area contributed by atoms with Gasteiger partial charge in [-0.2, -0.15) is 0 Å². The van der Waals surface area contributed by atoms with E-state index in [2.05, 4.69) is 20.8 Å². The molecule has 2 rings (SSSR count). The molecule has 0 bridgehead atoms. The molecular formula is C17H33N. The van der Waals surface area contributed by atoms with Crippen LogP contribution in [0.3, 0.4) is 0 Å². The number of nitrogens with two attached hydrogens (primary N) is 1. The molecule has 0 radical (unpaired) electrons. The molecule has 2 fully saturated rings. The van der Waals surface area contributed by atoms with Crippen LogP contribution in [-0.2, 0) is 0 Å². The fourth-order valence-corrected chi connectivity index (χ4v) is 4.17. The molecule has 0 spiro atoms. The second-order valence-corrected chi connectivity index (χ2v) is 7.77. The van der Waals surface area contributed by atoms with Crippen molar-refractivity contribution in [2.24, 2.45) is 28.9 Å². The first-order valence-corrected chi connectivity index (χ1v) is 8.27. The summed E-state index contributed by atoms with van der Waals surface area (Å²) in [4.78, 5) is 0. The largest absolute Gasteiger partial charge is 0.327 e. The maximum absolute atomic E-state index is 6.60. The van der Waals surface area contributed by atoms with Gasteiger partial charge in [-0.15, -0.1) is 0 Å². The minimum Gasteiger partial charge on any atom is -0.327 e. The third kappa shape index (κ3) is 3.50. The van der Waals surface area contributed by atoms with Crippen LogP contribution in [0, 0.1) is 23.2 Å². The summed E-state index contributed by atoms with van der Waals surface area (Å²) in [6.07, 6.45) is 12.6. The molecule has 2 aliphatic rings. The SMILES string of the molecule is CCC1CCC(C(N)C2CCC(C)(C)CC2)CC1. The van der Waals surface area contributed by atoms with Crippen molar-refractivity contribution in [1.29, 1.82) is 0 Å². The molecule has 0 saturated heterocycles. The fraction of sp³-hybridized carbons (Fsp3) is 1.00. The van der Waals surface area contributed by atoms with E-state index in [1.165, 1.54) is 57.8 Å². The average molecular weight is 251 g/mol. The van der Waals surface area contributed by atoms with Gasteiger partial charge in [-0.25, -0.2) is 0 Å². The van der Waals surface area contributed by atoms with Gasteiger partial charge in [0.25, 0.3) is 0 Å². The van der Waals surface area contributed by atoms with E-state index in [0.717, 1.165) is 17.8 Å². The van der Waals surface area contributed by atoms with Crippen LogP contribution in [0.15, 0.2) is 0 Å². The highest BCUT2D eigenvalue weighted by atomic mass is 14.7. The van der Waals surface area contributed by atoms with Crippen LogP contribution in [0.1, 0.15) is 78.6 Å². The molecular weight excluding hydrogens is 218 g/mol. The Morgan fingerprint density at radius 2 is 1.44 bits per heavy atom. The Kier molecular flexibility index (Phi) is 4.75. The Balaban J connectivity index is 1.80. The summed E-state index contributed by atoms with van der Waals surface area (Å²) in [5.74, 6) is 2.65. The van der Waals surface area contributed by atoms with Gasteiger partial charge in [0, 0.05) is 6.04 Å². The Hall–Kier alpha value is -0.0400. The lowest BCUT2D eigenvalue weighted by Gasteiger charge is -2.41. The minimum atomic E-state index is 0.499. The summed E-state index contributed by atoms with van der Waals surface area (Å²) in [6, 6.07) is 0.499. The van der Waals surface area contributed by atoms with Gasteiger partial charge in [0.1, 0.15) is 0 Å². The highest BCUT2D eigenvalue weighted by molar-refractivity contribution is 4.88. The van der Waals surface area contributed by atoms with Crippen LogP contribution >= 0.6 is 0 Å². The molecule has 2 aliphatic carbocycles. The average Bonchev–Trinajstić information content (AvgIpc) is 2.38. The molecule has 0 aliphatic heterocycles. The third-order valence-corrected chi connectivity index (χ3v) is 5.94. The predicted molar refractivity (Wildman–Crippen MR) is 79.5 cm³/mol. The molecule has 0 aromatic rings. The van der Waals surface area contributed by atoms with Gasteiger partial charge in [0.05, 0.1) is 0 Å². The first-order valence-electron chi connectivity index (χ1n) is 8.27. The lowest BCUT2D eigenvalue weighted by atomic mass is 9.67. The first-order chi connectivity index (χ1) is 8.52. The highest BCUT2D eigenvalue weighted by Crippen LogP contribution is 2.42. The molecule has 0 aromatic carbocycles. The second kappa shape index (κ2) is 5.94. The predicted octanol–water partition coefficient (Wildman–Crippen LogP) is 4.75. The van der Waals surface area contributed by atoms with Crippen molar-refractivity contribution in [3.8, 4) is 0 Å². The van der Waals surface area contributed by atoms with Crippen LogP contribution in [0.2, 0.25) is 0 Å². The van der Waals surface area contributed by atoms with Crippen molar-refractivity contribution in [3.63, 3.8) is 0 Å². The molecule has 106 valence electrons. The normalized spacial score (nSPS) is 35.3. The summed E-state index contributed by atoms with van der Waals surface area (Å²) >= 11 is 0. The van der Waals surface area contributed by atoms with Crippen LogP contribution < -0.4 is 5.73 Å². The zero-order valence-corrected chi connectivity index (χ0v) is 12.8. The fourth-order valence-electron chi connectivity index (χ4n) is 4.17. The summed E-state index contributed by atoms with van der Waals surface area (Å²) in [6.45, 7) is 7.18. The van der Waals surface area contributed by atoms with Crippen molar-refractivity contribution in [1.82, 2.24) is 0 Å². The highest BCUT2D eigenvalue weighted by Gasteiger charge is 2.34. The Bertz CT molecular complexity index is 240. The van der Waals surface area contributed by atoms with Crippen LogP contribution in [0.25, 0.3) is 0 Å². The smallest absolute Gasteiger partial charge is 0.00956 e. The van der Waals surface area contributed by atoms with Crippen molar-refractivity contribution in [3.05, 3.63) is 0 Å². The van der Waals surface area contributed by atoms with Crippen molar-refractivity contribution in [2.45, 2.75) is 84.6 Å². The lowest BCUT2D eigenvalue weighted by Crippen LogP contribution is -2.41. The quantitative estimate of drug-likeness (QED) is 0.770. The van der Waals surface area contributed by atoms with Gasteiger partial charge in [0.15, 0.2) is 0 Å². The number of hydrogen-bond donors (Lipinski definition) is 1. The van der Waals surface area contributed by atoms with Crippen LogP contribution in [-0.4, -0.2) is 6.04 Å². The summed E-state index contributed by atoms with van der Waals surface area (Å²) in [5.41, 5.74) is 7.18. The van der Waals surface area contributed by atoms with E-state index in [1.54, 1.807) is 0 Å². The number of hydrogen-bond acceptors (Lipinski definition) is 1. The van der Waals surface area contributed by atoms with E-state index in [1.807, 2.05) is 0 Å². The van der Waals surface area contributed by atoms with Crippen LogP contribution in [0.5, 0.6) is 0 Å². The molecule has 2 N–H and O–H groups in total. The molecule has 0 aromatic heterocycles. The number of rotatable bonds is 3. The van der Waals surface area contributed by atoms with E-state index >= 15 is 0 Å². The van der Waals surface area contributed by atoms with Gasteiger partial charge in [0.2, 0.25) is 0 Å². The summed E-state index contributed by atoms with van der Waals surface area (Å²) in [7, 11) is 0. The maximum Gasteiger partial charge on any atom is 0.00956 e. The molecule has 1 nitrogen and oxygen atoms in total. The standard InChI is InChI=1S/C17H33N/c1-4-13-5-7-14(8-6-13)16(18)15-9-11-17(2,3)12-10-15/h13-16H,4-12,18H2,1-3H3. The maximum atomic E-state index is 6.60. The van der Waals surface area contributed by atoms with E-state index < -0.39 is 0 Å². The van der Waals surface area contributed by atoms with E-state index in [9.17, 15) is 0 Å². The third-order valence-electron chi connectivity index (χ3n) is 5.94. The van der Waals surface area contributed by atoms with E-state index in [4.69, 9.17) is 5.73 Å². The van der Waals surface area contributed by atoms with Crippen molar-refractivity contribution < 1.29 is 0 Å². The summed E-state index contributed by atoms with van der Waals surface area (Å²) in [5, 5.41) is 0. The molecule has 0 amide bonds. The lowest BCUT2D eigenvalue weighted by molar-refractivity contribution is 0.130. The molecule has 1 unspecified atom stereocenters. The second-order valence-electron chi connectivity index (χ2n) is 7.77. The van der Waals surface area contributed by atoms with Crippen molar-refractivity contribution in [2.75, 3.05) is 0 Å². The monoisotopic (exact) mass is 251 g/mol. The van der Waals surface area contributed by atoms with Crippen molar-refractivity contribution >= 4 is 0 Å². The van der Waals surface area contributed by atoms with Gasteiger partial charge >= 0.3 is 0 Å². The van der Waals surface area contributed by atoms with E-state index in [-0.39, 0.29) is 0 Å². The molecule has 0 heterocycles. The Morgan fingerprint density at radius 3 is 1.94 bits per heavy atom. The molecule has 1 atom stereocenters. The Morgan fingerprint density at radius 1 is 0.944 bits per heavy atom. The zero-order valence-electron chi connectivity index (χ0n) is 12.8. The van der Waals surface area contributed by atoms with Gasteiger partial charge in [-0.05, 0) is 61.7 Å².